The molecule has 0 bridgehead atoms. The smallest absolute Gasteiger partial charge is 0.308 e. The van der Waals surface area contributed by atoms with Gasteiger partial charge in [-0.15, -0.1) is 0 Å². The molecule has 1 N–H and O–H groups in total. The van der Waals surface area contributed by atoms with Gasteiger partial charge in [-0.05, 0) is 36.2 Å². The Bertz CT molecular complexity index is 949. The lowest BCUT2D eigenvalue weighted by atomic mass is 10.1. The summed E-state index contributed by atoms with van der Waals surface area (Å²) in [6.45, 7) is 2.84. The molecular formula is C20H18ClF4N3. The van der Waals surface area contributed by atoms with E-state index in [4.69, 9.17) is 11.6 Å². The highest BCUT2D eigenvalue weighted by molar-refractivity contribution is 6.30. The van der Waals surface area contributed by atoms with Crippen molar-refractivity contribution in [1.29, 1.82) is 0 Å². The van der Waals surface area contributed by atoms with Gasteiger partial charge in [0.25, 0.3) is 0 Å². The van der Waals surface area contributed by atoms with Crippen LogP contribution in [0.3, 0.4) is 0 Å². The fraction of sp³-hybridized carbons (Fsp3) is 0.250. The molecule has 1 heterocycles. The molecule has 0 unspecified atom stereocenters. The van der Waals surface area contributed by atoms with Crippen LogP contribution >= 0.6 is 11.6 Å². The zero-order chi connectivity index (χ0) is 20.3. The molecule has 3 nitrogen and oxygen atoms in total. The van der Waals surface area contributed by atoms with Gasteiger partial charge in [-0.2, -0.15) is 18.3 Å². The van der Waals surface area contributed by atoms with E-state index in [-0.39, 0.29) is 12.4 Å². The quantitative estimate of drug-likeness (QED) is 0.555. The Morgan fingerprint density at radius 1 is 1.04 bits per heavy atom. The van der Waals surface area contributed by atoms with Gasteiger partial charge in [0.05, 0.1) is 17.8 Å². The number of nitrogens with one attached hydrogen (secondary N) is 1. The number of aryl methyl sites for hydroxylation is 1. The van der Waals surface area contributed by atoms with Crippen molar-refractivity contribution < 1.29 is 17.6 Å². The third-order valence-corrected chi connectivity index (χ3v) is 4.74. The van der Waals surface area contributed by atoms with Crippen LogP contribution in [0, 0.1) is 12.7 Å². The van der Waals surface area contributed by atoms with Gasteiger partial charge in [-0.1, -0.05) is 41.9 Å². The number of halogens is 5. The summed E-state index contributed by atoms with van der Waals surface area (Å²) in [5.41, 5.74) is 2.21. The first-order valence-electron chi connectivity index (χ1n) is 8.57. The zero-order valence-corrected chi connectivity index (χ0v) is 15.8. The summed E-state index contributed by atoms with van der Waals surface area (Å²) in [6, 6.07) is 11.3. The summed E-state index contributed by atoms with van der Waals surface area (Å²) in [5.74, 6) is -0.314. The Morgan fingerprint density at radius 2 is 1.75 bits per heavy atom. The van der Waals surface area contributed by atoms with Crippen molar-refractivity contribution in [2.45, 2.75) is 32.7 Å². The molecule has 0 saturated heterocycles. The molecule has 3 aromatic rings. The summed E-state index contributed by atoms with van der Waals surface area (Å²) in [7, 11) is 0. The number of aromatic nitrogens is 2. The van der Waals surface area contributed by atoms with Crippen LogP contribution < -0.4 is 5.32 Å². The average molecular weight is 412 g/mol. The van der Waals surface area contributed by atoms with Gasteiger partial charge in [0, 0.05) is 18.7 Å². The second kappa shape index (κ2) is 8.32. The highest BCUT2D eigenvalue weighted by atomic mass is 35.5. The lowest BCUT2D eigenvalue weighted by Gasteiger charge is -2.10. The van der Waals surface area contributed by atoms with Gasteiger partial charge in [0.1, 0.15) is 11.0 Å². The van der Waals surface area contributed by atoms with Gasteiger partial charge in [0.15, 0.2) is 0 Å². The predicted molar refractivity (Wildman–Crippen MR) is 99.5 cm³/mol. The Hall–Kier alpha value is -2.38. The first-order chi connectivity index (χ1) is 13.2. The molecular weight excluding hydrogens is 394 g/mol. The van der Waals surface area contributed by atoms with Crippen LogP contribution in [-0.2, 0) is 25.8 Å². The molecule has 0 fully saturated rings. The van der Waals surface area contributed by atoms with Gasteiger partial charge >= 0.3 is 6.18 Å². The van der Waals surface area contributed by atoms with Gasteiger partial charge in [-0.25, -0.2) is 9.07 Å². The van der Waals surface area contributed by atoms with Crippen LogP contribution in [0.4, 0.5) is 17.6 Å². The van der Waals surface area contributed by atoms with Gasteiger partial charge in [0.2, 0.25) is 0 Å². The number of nitrogens with zero attached hydrogens (tertiary/aromatic N) is 2. The van der Waals surface area contributed by atoms with Crippen LogP contribution in [0.25, 0.3) is 0 Å². The maximum Gasteiger partial charge on any atom is 0.416 e. The van der Waals surface area contributed by atoms with Crippen molar-refractivity contribution in [3.63, 3.8) is 0 Å². The normalized spacial score (nSPS) is 11.8. The zero-order valence-electron chi connectivity index (χ0n) is 15.0. The second-order valence-corrected chi connectivity index (χ2v) is 6.80. The lowest BCUT2D eigenvalue weighted by Crippen LogP contribution is -2.14. The third-order valence-electron chi connectivity index (χ3n) is 4.31. The first kappa shape index (κ1) is 20.4. The van der Waals surface area contributed by atoms with E-state index in [2.05, 4.69) is 10.4 Å². The van der Waals surface area contributed by atoms with E-state index < -0.39 is 11.7 Å². The molecule has 1 aromatic heterocycles. The van der Waals surface area contributed by atoms with Crippen molar-refractivity contribution >= 4 is 11.6 Å². The van der Waals surface area contributed by atoms with Crippen LogP contribution in [0.1, 0.15) is 27.9 Å². The molecule has 0 aliphatic rings. The molecule has 148 valence electrons. The summed E-state index contributed by atoms with van der Waals surface area (Å²) in [6.07, 6.45) is -4.36. The van der Waals surface area contributed by atoms with Crippen molar-refractivity contribution in [1.82, 2.24) is 15.1 Å². The summed E-state index contributed by atoms with van der Waals surface area (Å²) < 4.78 is 53.0. The van der Waals surface area contributed by atoms with Gasteiger partial charge < -0.3 is 5.32 Å². The van der Waals surface area contributed by atoms with E-state index in [1.54, 1.807) is 22.9 Å². The Kier molecular flexibility index (Phi) is 6.05. The summed E-state index contributed by atoms with van der Waals surface area (Å²) in [4.78, 5) is 0. The fourth-order valence-corrected chi connectivity index (χ4v) is 3.15. The van der Waals surface area contributed by atoms with E-state index in [0.29, 0.717) is 23.8 Å². The topological polar surface area (TPSA) is 29.9 Å². The molecule has 0 saturated carbocycles. The molecule has 0 amide bonds. The van der Waals surface area contributed by atoms with Gasteiger partial charge in [-0.3, -0.25) is 0 Å². The highest BCUT2D eigenvalue weighted by Gasteiger charge is 2.30. The fourth-order valence-electron chi connectivity index (χ4n) is 2.85. The van der Waals surface area contributed by atoms with Crippen LogP contribution in [0.5, 0.6) is 0 Å². The molecule has 3 rings (SSSR count). The van der Waals surface area contributed by atoms with Crippen molar-refractivity contribution in [3.05, 3.63) is 87.4 Å². The van der Waals surface area contributed by atoms with Crippen molar-refractivity contribution in [2.75, 3.05) is 0 Å². The van der Waals surface area contributed by atoms with E-state index in [1.165, 1.54) is 18.2 Å². The third kappa shape index (κ3) is 4.91. The summed E-state index contributed by atoms with van der Waals surface area (Å²) >= 11 is 6.42. The number of hydrogen-bond acceptors (Lipinski definition) is 2. The monoisotopic (exact) mass is 411 g/mol. The molecule has 2 aromatic carbocycles. The molecule has 8 heteroatoms. The van der Waals surface area contributed by atoms with E-state index >= 15 is 0 Å². The Labute approximate surface area is 164 Å². The molecule has 0 atom stereocenters. The summed E-state index contributed by atoms with van der Waals surface area (Å²) in [5, 5.41) is 7.95. The molecule has 0 spiro atoms. The number of alkyl halides is 3. The van der Waals surface area contributed by atoms with Crippen LogP contribution in [-0.4, -0.2) is 9.78 Å². The lowest BCUT2D eigenvalue weighted by molar-refractivity contribution is -0.137. The Balaban J connectivity index is 1.65. The standard InChI is InChI=1S/C20H18ClF4N3/c1-13-18(11-26-10-15-3-2-4-16(9-15)20(23,24)25)19(21)28(27-13)12-14-5-7-17(22)8-6-14/h2-9,26H,10-12H2,1H3. The molecule has 0 aliphatic carbocycles. The van der Waals surface area contributed by atoms with Crippen molar-refractivity contribution in [3.8, 4) is 0 Å². The minimum Gasteiger partial charge on any atom is -0.308 e. The number of rotatable bonds is 6. The molecule has 28 heavy (non-hydrogen) atoms. The predicted octanol–water partition coefficient (Wildman–Crippen LogP) is 5.34. The van der Waals surface area contributed by atoms with Crippen LogP contribution in [0.15, 0.2) is 48.5 Å². The molecule has 0 radical (unpaired) electrons. The van der Waals surface area contributed by atoms with Crippen molar-refractivity contribution in [2.24, 2.45) is 0 Å². The highest BCUT2D eigenvalue weighted by Crippen LogP contribution is 2.29. The largest absolute Gasteiger partial charge is 0.416 e. The van der Waals surface area contributed by atoms with E-state index in [0.717, 1.165) is 29.0 Å². The minimum atomic E-state index is -4.36. The average Bonchev–Trinajstić information content (AvgIpc) is 2.90. The Morgan fingerprint density at radius 3 is 2.43 bits per heavy atom. The minimum absolute atomic E-state index is 0.267. The van der Waals surface area contributed by atoms with E-state index in [1.807, 2.05) is 6.92 Å². The SMILES string of the molecule is Cc1nn(Cc2ccc(F)cc2)c(Cl)c1CNCc1cccc(C(F)(F)F)c1. The number of hydrogen-bond donors (Lipinski definition) is 1. The molecule has 0 aliphatic heterocycles. The maximum atomic E-state index is 13.0. The maximum absolute atomic E-state index is 13.0. The van der Waals surface area contributed by atoms with Crippen LogP contribution in [0.2, 0.25) is 5.15 Å². The first-order valence-corrected chi connectivity index (χ1v) is 8.95. The number of benzene rings is 2. The van der Waals surface area contributed by atoms with E-state index in [9.17, 15) is 17.6 Å². The second-order valence-electron chi connectivity index (χ2n) is 6.44.